The lowest BCUT2D eigenvalue weighted by Gasteiger charge is -2.59. The number of nitrogens with one attached hydrogen (secondary N) is 1. The molecule has 2 aliphatic carbocycles. The molecule has 1 aromatic heterocycles. The van der Waals surface area contributed by atoms with Crippen LogP contribution in [0.15, 0.2) is 24.3 Å². The van der Waals surface area contributed by atoms with Crippen molar-refractivity contribution in [3.05, 3.63) is 41.5 Å². The number of urea groups is 1. The maximum atomic E-state index is 13.0. The minimum atomic E-state index is -4.45. The second-order valence-electron chi connectivity index (χ2n) is 11.4. The summed E-state index contributed by atoms with van der Waals surface area (Å²) in [7, 11) is 0. The fourth-order valence-corrected chi connectivity index (χ4v) is 5.54. The number of aromatic nitrogens is 3. The van der Waals surface area contributed by atoms with Gasteiger partial charge in [0.2, 0.25) is 0 Å². The number of halogens is 3. The molecule has 6 rings (SSSR count). The Balaban J connectivity index is 0.953. The molecule has 10 heteroatoms. The van der Waals surface area contributed by atoms with Gasteiger partial charge in [-0.1, -0.05) is 12.1 Å². The third-order valence-electron chi connectivity index (χ3n) is 8.09. The summed E-state index contributed by atoms with van der Waals surface area (Å²) >= 11 is 0. The SMILES string of the molecule is CC(C)(Oc1ccc(C2CN(C(=O)N3CC4(CC(c5n[nH]c(C6CC6)n5)C4)C3)C2)cc1)C(F)(F)F. The Hall–Kier alpha value is -2.78. The van der Waals surface area contributed by atoms with Gasteiger partial charge >= 0.3 is 12.2 Å². The first-order chi connectivity index (χ1) is 16.5. The van der Waals surface area contributed by atoms with Gasteiger partial charge in [-0.3, -0.25) is 5.10 Å². The second-order valence-corrected chi connectivity index (χ2v) is 11.4. The first kappa shape index (κ1) is 22.7. The van der Waals surface area contributed by atoms with Crippen LogP contribution >= 0.6 is 0 Å². The average molecular weight is 490 g/mol. The standard InChI is InChI=1S/C25H30F3N5O2/c1-23(2,25(26,27)28)35-19-7-5-15(6-8-19)18-11-32(12-18)22(34)33-13-24(14-33)9-17(10-24)21-29-20(30-31-21)16-3-4-16/h5-8,16-18H,3-4,9-14H2,1-2H3,(H,29,30,31). The van der Waals surface area contributed by atoms with E-state index in [1.807, 2.05) is 9.80 Å². The molecule has 2 amide bonds. The summed E-state index contributed by atoms with van der Waals surface area (Å²) < 4.78 is 44.3. The number of nitrogens with zero attached hydrogens (tertiary/aromatic N) is 4. The number of hydrogen-bond acceptors (Lipinski definition) is 4. The van der Waals surface area contributed by atoms with Crippen LogP contribution in [0.3, 0.4) is 0 Å². The maximum Gasteiger partial charge on any atom is 0.427 e. The zero-order valence-electron chi connectivity index (χ0n) is 19.9. The molecule has 0 unspecified atom stereocenters. The highest BCUT2D eigenvalue weighted by molar-refractivity contribution is 5.77. The van der Waals surface area contributed by atoms with Crippen LogP contribution in [-0.2, 0) is 0 Å². The molecule has 2 saturated heterocycles. The van der Waals surface area contributed by atoms with Gasteiger partial charge in [0.15, 0.2) is 11.4 Å². The Morgan fingerprint density at radius 1 is 1.03 bits per heavy atom. The van der Waals surface area contributed by atoms with Crippen molar-refractivity contribution in [3.8, 4) is 5.75 Å². The highest BCUT2D eigenvalue weighted by Gasteiger charge is 2.56. The van der Waals surface area contributed by atoms with Crippen LogP contribution in [0, 0.1) is 5.41 Å². The van der Waals surface area contributed by atoms with E-state index in [1.165, 1.54) is 12.8 Å². The number of H-pyrrole nitrogens is 1. The lowest BCUT2D eigenvalue weighted by molar-refractivity contribution is -0.234. The molecule has 1 N–H and O–H groups in total. The number of benzene rings is 1. The van der Waals surface area contributed by atoms with Crippen LogP contribution in [0.4, 0.5) is 18.0 Å². The summed E-state index contributed by atoms with van der Waals surface area (Å²) in [6.45, 7) is 4.87. The van der Waals surface area contributed by atoms with Crippen molar-refractivity contribution in [2.75, 3.05) is 26.2 Å². The van der Waals surface area contributed by atoms with Gasteiger partial charge < -0.3 is 14.5 Å². The van der Waals surface area contributed by atoms with E-state index >= 15 is 0 Å². The number of likely N-dealkylation sites (tertiary alicyclic amines) is 2. The first-order valence-corrected chi connectivity index (χ1v) is 12.3. The summed E-state index contributed by atoms with van der Waals surface area (Å²) in [4.78, 5) is 21.3. The van der Waals surface area contributed by atoms with E-state index in [9.17, 15) is 18.0 Å². The molecule has 2 aromatic rings. The van der Waals surface area contributed by atoms with Crippen molar-refractivity contribution in [1.29, 1.82) is 0 Å². The van der Waals surface area contributed by atoms with Crippen molar-refractivity contribution >= 4 is 6.03 Å². The lowest BCUT2D eigenvalue weighted by atomic mass is 9.57. The zero-order chi connectivity index (χ0) is 24.6. The topological polar surface area (TPSA) is 74.3 Å². The van der Waals surface area contributed by atoms with Crippen molar-refractivity contribution in [1.82, 2.24) is 25.0 Å². The molecule has 0 radical (unpaired) electrons. The fourth-order valence-electron chi connectivity index (χ4n) is 5.54. The van der Waals surface area contributed by atoms with Gasteiger partial charge in [-0.05, 0) is 57.2 Å². The minimum absolute atomic E-state index is 0.0797. The fraction of sp³-hybridized carbons (Fsp3) is 0.640. The number of rotatable bonds is 5. The van der Waals surface area contributed by atoms with Gasteiger partial charge in [-0.15, -0.1) is 0 Å². The molecule has 1 aromatic carbocycles. The molecule has 2 aliphatic heterocycles. The highest BCUT2D eigenvalue weighted by Crippen LogP contribution is 2.56. The van der Waals surface area contributed by atoms with E-state index in [0.717, 1.165) is 57.0 Å². The number of alkyl halides is 3. The quantitative estimate of drug-likeness (QED) is 0.655. The van der Waals surface area contributed by atoms with E-state index in [1.54, 1.807) is 24.3 Å². The predicted octanol–water partition coefficient (Wildman–Crippen LogP) is 4.80. The molecular weight excluding hydrogens is 459 g/mol. The van der Waals surface area contributed by atoms with Gasteiger partial charge in [0, 0.05) is 49.3 Å². The minimum Gasteiger partial charge on any atom is -0.478 e. The molecule has 2 saturated carbocycles. The van der Waals surface area contributed by atoms with E-state index in [4.69, 9.17) is 4.74 Å². The van der Waals surface area contributed by atoms with E-state index in [-0.39, 0.29) is 23.1 Å². The molecular formula is C25H30F3N5O2. The van der Waals surface area contributed by atoms with Gasteiger partial charge in [-0.25, -0.2) is 9.78 Å². The van der Waals surface area contributed by atoms with E-state index in [0.29, 0.717) is 24.9 Å². The third kappa shape index (κ3) is 4.04. The van der Waals surface area contributed by atoms with Crippen LogP contribution in [0.25, 0.3) is 0 Å². The van der Waals surface area contributed by atoms with Crippen LogP contribution in [0.2, 0.25) is 0 Å². The number of ether oxygens (including phenoxy) is 1. The van der Waals surface area contributed by atoms with E-state index in [2.05, 4.69) is 15.2 Å². The number of carbonyl (C=O) groups excluding carboxylic acids is 1. The molecule has 0 atom stereocenters. The Morgan fingerprint density at radius 2 is 1.69 bits per heavy atom. The molecule has 4 aliphatic rings. The first-order valence-electron chi connectivity index (χ1n) is 12.3. The zero-order valence-corrected chi connectivity index (χ0v) is 19.9. The summed E-state index contributed by atoms with van der Waals surface area (Å²) in [5, 5.41) is 7.51. The van der Waals surface area contributed by atoms with Crippen LogP contribution in [0.1, 0.15) is 74.5 Å². The molecule has 3 heterocycles. The van der Waals surface area contributed by atoms with Gasteiger partial charge in [-0.2, -0.15) is 18.3 Å². The molecule has 0 bridgehead atoms. The number of carbonyl (C=O) groups is 1. The number of amides is 2. The van der Waals surface area contributed by atoms with Gasteiger partial charge in [0.25, 0.3) is 0 Å². The van der Waals surface area contributed by atoms with E-state index < -0.39 is 11.8 Å². The van der Waals surface area contributed by atoms with Crippen molar-refractivity contribution in [2.24, 2.45) is 5.41 Å². The van der Waals surface area contributed by atoms with Crippen LogP contribution < -0.4 is 4.74 Å². The molecule has 7 nitrogen and oxygen atoms in total. The van der Waals surface area contributed by atoms with Crippen molar-refractivity contribution < 1.29 is 22.7 Å². The summed E-state index contributed by atoms with van der Waals surface area (Å²) in [6.07, 6.45) is 0.0446. The van der Waals surface area contributed by atoms with Crippen molar-refractivity contribution in [3.63, 3.8) is 0 Å². The van der Waals surface area contributed by atoms with Crippen LogP contribution in [-0.4, -0.2) is 69.0 Å². The summed E-state index contributed by atoms with van der Waals surface area (Å²) in [5.74, 6) is 3.32. The number of hydrogen-bond donors (Lipinski definition) is 1. The summed E-state index contributed by atoms with van der Waals surface area (Å²) in [6, 6.07) is 6.80. The summed E-state index contributed by atoms with van der Waals surface area (Å²) in [5.41, 5.74) is -1.02. The Labute approximate surface area is 202 Å². The molecule has 188 valence electrons. The predicted molar refractivity (Wildman–Crippen MR) is 121 cm³/mol. The lowest BCUT2D eigenvalue weighted by Crippen LogP contribution is -2.67. The molecule has 1 spiro atoms. The monoisotopic (exact) mass is 489 g/mol. The Morgan fingerprint density at radius 3 is 2.29 bits per heavy atom. The highest BCUT2D eigenvalue weighted by atomic mass is 19.4. The normalized spacial score (nSPS) is 22.5. The molecule has 35 heavy (non-hydrogen) atoms. The molecule has 4 fully saturated rings. The Kier molecular flexibility index (Phi) is 4.93. The maximum absolute atomic E-state index is 13.0. The van der Waals surface area contributed by atoms with Crippen LogP contribution in [0.5, 0.6) is 5.75 Å². The third-order valence-corrected chi connectivity index (χ3v) is 8.09. The van der Waals surface area contributed by atoms with Gasteiger partial charge in [0.05, 0.1) is 0 Å². The largest absolute Gasteiger partial charge is 0.478 e. The van der Waals surface area contributed by atoms with Crippen molar-refractivity contribution in [2.45, 2.75) is 69.1 Å². The second kappa shape index (κ2) is 7.61. The van der Waals surface area contributed by atoms with Gasteiger partial charge in [0.1, 0.15) is 11.6 Å². The average Bonchev–Trinajstić information content (AvgIpc) is 3.43. The smallest absolute Gasteiger partial charge is 0.427 e. The Bertz CT molecular complexity index is 1100. The number of aromatic amines is 1.